The van der Waals surface area contributed by atoms with E-state index in [2.05, 4.69) is 21.2 Å². The van der Waals surface area contributed by atoms with Gasteiger partial charge in [-0.05, 0) is 36.3 Å². The van der Waals surface area contributed by atoms with E-state index >= 15 is 0 Å². The number of nitrogens with one attached hydrogen (secondary N) is 1. The van der Waals surface area contributed by atoms with Crippen LogP contribution in [-0.2, 0) is 11.3 Å². The number of ether oxygens (including phenoxy) is 2. The molecule has 1 saturated heterocycles. The van der Waals surface area contributed by atoms with E-state index in [4.69, 9.17) is 9.47 Å². The van der Waals surface area contributed by atoms with Crippen molar-refractivity contribution in [3.63, 3.8) is 0 Å². The van der Waals surface area contributed by atoms with Crippen LogP contribution in [0.4, 0.5) is 4.79 Å². The van der Waals surface area contributed by atoms with Crippen LogP contribution in [0.25, 0.3) is 6.08 Å². The van der Waals surface area contributed by atoms with Crippen LogP contribution in [0.5, 0.6) is 11.5 Å². The van der Waals surface area contributed by atoms with Crippen molar-refractivity contribution in [2.45, 2.75) is 13.5 Å². The fourth-order valence-corrected chi connectivity index (χ4v) is 3.16. The molecular formula is C20H19BrN2O4. The highest BCUT2D eigenvalue weighted by atomic mass is 79.9. The van der Waals surface area contributed by atoms with Crippen molar-refractivity contribution in [1.82, 2.24) is 10.2 Å². The van der Waals surface area contributed by atoms with Crippen molar-refractivity contribution >= 4 is 33.9 Å². The Morgan fingerprint density at radius 2 is 1.70 bits per heavy atom. The molecule has 1 N–H and O–H groups in total. The van der Waals surface area contributed by atoms with E-state index in [0.717, 1.165) is 11.1 Å². The lowest BCUT2D eigenvalue weighted by atomic mass is 10.1. The van der Waals surface area contributed by atoms with Gasteiger partial charge >= 0.3 is 6.03 Å². The summed E-state index contributed by atoms with van der Waals surface area (Å²) in [6.45, 7) is 2.20. The predicted octanol–water partition coefficient (Wildman–Crippen LogP) is 3.87. The third-order valence-corrected chi connectivity index (χ3v) is 4.91. The molecule has 2 aromatic rings. The van der Waals surface area contributed by atoms with Crippen molar-refractivity contribution in [3.05, 3.63) is 63.3 Å². The number of hydrogen-bond acceptors (Lipinski definition) is 4. The third-order valence-electron chi connectivity index (χ3n) is 4.23. The summed E-state index contributed by atoms with van der Waals surface area (Å²) in [4.78, 5) is 26.1. The quantitative estimate of drug-likeness (QED) is 0.577. The first-order valence-corrected chi connectivity index (χ1v) is 9.04. The average molecular weight is 431 g/mol. The number of nitrogens with zero attached hydrogens (tertiary/aromatic N) is 1. The summed E-state index contributed by atoms with van der Waals surface area (Å²) >= 11 is 3.45. The molecule has 2 aromatic carbocycles. The molecule has 140 valence electrons. The van der Waals surface area contributed by atoms with Gasteiger partial charge in [0.25, 0.3) is 5.91 Å². The third kappa shape index (κ3) is 3.98. The highest BCUT2D eigenvalue weighted by Gasteiger charge is 2.33. The minimum absolute atomic E-state index is 0.208. The molecule has 0 bridgehead atoms. The summed E-state index contributed by atoms with van der Waals surface area (Å²) in [5.41, 5.74) is 2.90. The summed E-state index contributed by atoms with van der Waals surface area (Å²) in [6.07, 6.45) is 1.61. The Hall–Kier alpha value is -2.80. The van der Waals surface area contributed by atoms with E-state index in [1.54, 1.807) is 25.3 Å². The average Bonchev–Trinajstić information content (AvgIpc) is 2.92. The second kappa shape index (κ2) is 7.84. The van der Waals surface area contributed by atoms with Crippen molar-refractivity contribution in [2.24, 2.45) is 0 Å². The van der Waals surface area contributed by atoms with Crippen LogP contribution < -0.4 is 14.8 Å². The summed E-state index contributed by atoms with van der Waals surface area (Å²) < 4.78 is 11.3. The number of rotatable bonds is 5. The fraction of sp³-hybridized carbons (Fsp3) is 0.200. The van der Waals surface area contributed by atoms with Gasteiger partial charge < -0.3 is 14.8 Å². The van der Waals surface area contributed by atoms with Crippen LogP contribution in [0.1, 0.15) is 16.7 Å². The van der Waals surface area contributed by atoms with Gasteiger partial charge in [-0.15, -0.1) is 0 Å². The van der Waals surface area contributed by atoms with Gasteiger partial charge in [0.05, 0.1) is 20.8 Å². The Kier molecular flexibility index (Phi) is 5.51. The van der Waals surface area contributed by atoms with Crippen LogP contribution in [0.15, 0.2) is 46.6 Å². The number of aryl methyl sites for hydroxylation is 1. The molecule has 0 spiro atoms. The Morgan fingerprint density at radius 3 is 2.33 bits per heavy atom. The minimum Gasteiger partial charge on any atom is -0.493 e. The highest BCUT2D eigenvalue weighted by molar-refractivity contribution is 9.10. The van der Waals surface area contributed by atoms with Gasteiger partial charge in [0, 0.05) is 4.47 Å². The van der Waals surface area contributed by atoms with Crippen molar-refractivity contribution < 1.29 is 19.1 Å². The van der Waals surface area contributed by atoms with Crippen molar-refractivity contribution in [1.29, 1.82) is 0 Å². The molecule has 0 atom stereocenters. The van der Waals surface area contributed by atoms with E-state index in [1.807, 2.05) is 31.2 Å². The van der Waals surface area contributed by atoms with Crippen molar-refractivity contribution in [2.75, 3.05) is 14.2 Å². The van der Waals surface area contributed by atoms with E-state index < -0.39 is 6.03 Å². The zero-order valence-corrected chi connectivity index (χ0v) is 16.8. The molecule has 6 nitrogen and oxygen atoms in total. The standard InChI is InChI=1S/C20H19BrN2O4/c1-12-4-6-13(7-5-12)11-23-19(24)16(22-20(23)25)8-14-9-17(26-2)18(27-3)10-15(14)21/h4-10H,11H2,1-3H3,(H,22,25)/b16-8+. The molecule has 1 fully saturated rings. The number of methoxy groups -OCH3 is 2. The number of imide groups is 1. The first kappa shape index (κ1) is 19.0. The van der Waals surface area contributed by atoms with Crippen molar-refractivity contribution in [3.8, 4) is 11.5 Å². The first-order valence-electron chi connectivity index (χ1n) is 8.24. The number of halogens is 1. The smallest absolute Gasteiger partial charge is 0.329 e. The molecule has 0 aliphatic carbocycles. The Labute approximate surface area is 165 Å². The second-order valence-corrected chi connectivity index (χ2v) is 6.95. The van der Waals surface area contributed by atoms with Gasteiger partial charge in [-0.1, -0.05) is 45.8 Å². The molecule has 3 amide bonds. The van der Waals surface area contributed by atoms with Gasteiger partial charge in [-0.3, -0.25) is 9.69 Å². The summed E-state index contributed by atoms with van der Waals surface area (Å²) in [5.74, 6) is 0.720. The Morgan fingerprint density at radius 1 is 1.07 bits per heavy atom. The van der Waals surface area contributed by atoms with E-state index in [1.165, 1.54) is 12.0 Å². The maximum absolute atomic E-state index is 12.7. The summed E-state index contributed by atoms with van der Waals surface area (Å²) in [6, 6.07) is 10.7. The molecule has 0 aromatic heterocycles. The lowest BCUT2D eigenvalue weighted by Gasteiger charge is -2.12. The number of carbonyl (C=O) groups excluding carboxylic acids is 2. The number of benzene rings is 2. The zero-order valence-electron chi connectivity index (χ0n) is 15.2. The lowest BCUT2D eigenvalue weighted by molar-refractivity contribution is -0.123. The molecule has 1 aliphatic rings. The Bertz CT molecular complexity index is 922. The number of hydrogen-bond donors (Lipinski definition) is 1. The van der Waals surface area contributed by atoms with E-state index in [-0.39, 0.29) is 18.1 Å². The van der Waals surface area contributed by atoms with Gasteiger partial charge in [0.2, 0.25) is 0 Å². The summed E-state index contributed by atoms with van der Waals surface area (Å²) in [7, 11) is 3.08. The van der Waals surface area contributed by atoms with Gasteiger partial charge in [0.15, 0.2) is 11.5 Å². The molecule has 1 aliphatic heterocycles. The predicted molar refractivity (Wildman–Crippen MR) is 105 cm³/mol. The SMILES string of the molecule is COc1cc(Br)c(/C=C2/NC(=O)N(Cc3ccc(C)cc3)C2=O)cc1OC. The molecule has 7 heteroatoms. The largest absolute Gasteiger partial charge is 0.493 e. The molecule has 0 saturated carbocycles. The van der Waals surface area contributed by atoms with Gasteiger partial charge in [-0.2, -0.15) is 0 Å². The zero-order chi connectivity index (χ0) is 19.6. The molecule has 27 heavy (non-hydrogen) atoms. The van der Waals surface area contributed by atoms with Crippen LogP contribution in [0.3, 0.4) is 0 Å². The molecule has 0 radical (unpaired) electrons. The maximum Gasteiger partial charge on any atom is 0.329 e. The van der Waals surface area contributed by atoms with Gasteiger partial charge in [0.1, 0.15) is 5.70 Å². The van der Waals surface area contributed by atoms with E-state index in [0.29, 0.717) is 21.5 Å². The maximum atomic E-state index is 12.7. The Balaban J connectivity index is 1.87. The van der Waals surface area contributed by atoms with E-state index in [9.17, 15) is 9.59 Å². The van der Waals surface area contributed by atoms with Crippen LogP contribution >= 0.6 is 15.9 Å². The topological polar surface area (TPSA) is 67.9 Å². The first-order chi connectivity index (χ1) is 12.9. The fourth-order valence-electron chi connectivity index (χ4n) is 2.73. The number of urea groups is 1. The summed E-state index contributed by atoms with van der Waals surface area (Å²) in [5, 5.41) is 2.63. The molecule has 1 heterocycles. The highest BCUT2D eigenvalue weighted by Crippen LogP contribution is 2.34. The monoisotopic (exact) mass is 430 g/mol. The van der Waals surface area contributed by atoms with Crippen LogP contribution in [0.2, 0.25) is 0 Å². The number of amides is 3. The molecular weight excluding hydrogens is 412 g/mol. The van der Waals surface area contributed by atoms with Crippen LogP contribution in [-0.4, -0.2) is 31.1 Å². The molecule has 0 unspecified atom stereocenters. The van der Waals surface area contributed by atoms with Crippen LogP contribution in [0, 0.1) is 6.92 Å². The molecule has 3 rings (SSSR count). The number of carbonyl (C=O) groups is 2. The lowest BCUT2D eigenvalue weighted by Crippen LogP contribution is -2.30. The normalized spacial score (nSPS) is 15.3. The minimum atomic E-state index is -0.441. The van der Waals surface area contributed by atoms with Gasteiger partial charge in [-0.25, -0.2) is 4.79 Å². The second-order valence-electron chi connectivity index (χ2n) is 6.09.